The van der Waals surface area contributed by atoms with E-state index in [0.717, 1.165) is 32.7 Å². The van der Waals surface area contributed by atoms with E-state index in [0.29, 0.717) is 13.1 Å². The van der Waals surface area contributed by atoms with Crippen LogP contribution in [0.5, 0.6) is 0 Å². The van der Waals surface area contributed by atoms with E-state index in [2.05, 4.69) is 20.8 Å². The zero-order chi connectivity index (χ0) is 28.2. The number of fused-ring (bicyclic) bond motifs is 2. The minimum Gasteiger partial charge on any atom is -0.327 e. The fourth-order valence-electron chi connectivity index (χ4n) is 5.44. The summed E-state index contributed by atoms with van der Waals surface area (Å²) in [6, 6.07) is -0.0745. The van der Waals surface area contributed by atoms with Crippen molar-refractivity contribution in [2.24, 2.45) is 20.0 Å². The van der Waals surface area contributed by atoms with Crippen LogP contribution in [0.15, 0.2) is 21.2 Å². The van der Waals surface area contributed by atoms with Crippen LogP contribution in [0.2, 0.25) is 0 Å². The molecule has 1 N–H and O–H groups in total. The maximum Gasteiger partial charge on any atom is 0.493 e. The normalized spacial score (nSPS) is 22.8. The number of aromatic nitrogens is 6. The van der Waals surface area contributed by atoms with Gasteiger partial charge < -0.3 is 15.1 Å². The average Bonchev–Trinajstić information content (AvgIpc) is 3.63. The summed E-state index contributed by atoms with van der Waals surface area (Å²) < 4.78 is 43.5. The lowest BCUT2D eigenvalue weighted by Gasteiger charge is -2.39. The van der Waals surface area contributed by atoms with Crippen LogP contribution in [0.1, 0.15) is 26.1 Å². The van der Waals surface area contributed by atoms with Crippen molar-refractivity contribution in [2.45, 2.75) is 45.3 Å². The van der Waals surface area contributed by atoms with Crippen LogP contribution in [-0.2, 0) is 30.3 Å². The molecule has 2 aromatic heterocycles. The molecule has 2 saturated heterocycles. The van der Waals surface area contributed by atoms with Crippen molar-refractivity contribution in [3.63, 3.8) is 0 Å². The van der Waals surface area contributed by atoms with E-state index < -0.39 is 29.7 Å². The lowest BCUT2D eigenvalue weighted by atomic mass is 10.1. The number of nitrogens with zero attached hydrogens (tertiary/aromatic N) is 9. The summed E-state index contributed by atoms with van der Waals surface area (Å²) in [6.45, 7) is 5.35. The minimum absolute atomic E-state index is 0.0703. The summed E-state index contributed by atoms with van der Waals surface area (Å²) in [5.41, 5.74) is -0.772. The predicted molar refractivity (Wildman–Crippen MR) is 131 cm³/mol. The SMILES string of the molecule is CC(C)=CCN1c2c(n(C)c(=O)n(Cc3nnnn3C)c2=O)N(OC(=O)C(F)(F)F)C1N1CCC2CNCC21. The number of tetrazole rings is 1. The number of allylic oxidation sites excluding steroid dienone is 1. The highest BCUT2D eigenvalue weighted by molar-refractivity contribution is 5.80. The fourth-order valence-corrected chi connectivity index (χ4v) is 5.44. The number of hydrogen-bond acceptors (Lipinski definition) is 11. The molecule has 3 unspecified atom stereocenters. The maximum atomic E-state index is 13.9. The van der Waals surface area contributed by atoms with Gasteiger partial charge in [-0.1, -0.05) is 11.6 Å². The highest BCUT2D eigenvalue weighted by Crippen LogP contribution is 2.42. The van der Waals surface area contributed by atoms with Crippen LogP contribution in [-0.4, -0.2) is 84.9 Å². The van der Waals surface area contributed by atoms with Gasteiger partial charge in [-0.2, -0.15) is 13.2 Å². The van der Waals surface area contributed by atoms with Crippen molar-refractivity contribution in [3.8, 4) is 0 Å². The van der Waals surface area contributed by atoms with E-state index in [1.807, 2.05) is 24.8 Å². The number of carbonyl (C=O) groups excluding carboxylic acids is 1. The molecule has 0 radical (unpaired) electrons. The molecule has 0 aliphatic carbocycles. The molecule has 0 aromatic carbocycles. The van der Waals surface area contributed by atoms with Gasteiger partial charge in [0, 0.05) is 39.8 Å². The van der Waals surface area contributed by atoms with Crippen LogP contribution in [0.4, 0.5) is 24.7 Å². The number of nitrogens with one attached hydrogen (secondary N) is 1. The van der Waals surface area contributed by atoms with Gasteiger partial charge in [-0.25, -0.2) is 14.3 Å². The van der Waals surface area contributed by atoms with Crippen molar-refractivity contribution in [3.05, 3.63) is 38.3 Å². The second-order valence-electron chi connectivity index (χ2n) is 10.1. The molecule has 3 aliphatic heterocycles. The quantitative estimate of drug-likeness (QED) is 0.455. The highest BCUT2D eigenvalue weighted by Gasteiger charge is 2.54. The molecular weight excluding hydrogens is 525 g/mol. The van der Waals surface area contributed by atoms with Gasteiger partial charge in [0.15, 0.2) is 23.6 Å². The summed E-state index contributed by atoms with van der Waals surface area (Å²) in [7, 11) is 2.86. The third-order valence-corrected chi connectivity index (χ3v) is 7.38. The molecule has 212 valence electrons. The van der Waals surface area contributed by atoms with Crippen LogP contribution < -0.4 is 26.5 Å². The number of alkyl halides is 3. The molecule has 2 aromatic rings. The molecule has 2 fully saturated rings. The number of carbonyl (C=O) groups is 1. The average molecular weight is 555 g/mol. The molecular formula is C22H29F3N10O4. The number of anilines is 2. The Morgan fingerprint density at radius 1 is 1.21 bits per heavy atom. The molecule has 3 atom stereocenters. The molecule has 3 aliphatic rings. The monoisotopic (exact) mass is 554 g/mol. The third-order valence-electron chi connectivity index (χ3n) is 7.38. The zero-order valence-electron chi connectivity index (χ0n) is 21.8. The van der Waals surface area contributed by atoms with Crippen LogP contribution >= 0.6 is 0 Å². The van der Waals surface area contributed by atoms with Gasteiger partial charge in [-0.05, 0) is 43.2 Å². The first-order chi connectivity index (χ1) is 18.4. The van der Waals surface area contributed by atoms with Gasteiger partial charge in [0.1, 0.15) is 0 Å². The summed E-state index contributed by atoms with van der Waals surface area (Å²) >= 11 is 0. The zero-order valence-corrected chi connectivity index (χ0v) is 21.8. The second kappa shape index (κ2) is 9.78. The Balaban J connectivity index is 1.71. The molecule has 39 heavy (non-hydrogen) atoms. The molecule has 17 heteroatoms. The molecule has 14 nitrogen and oxygen atoms in total. The van der Waals surface area contributed by atoms with Crippen LogP contribution in [0, 0.1) is 5.92 Å². The second-order valence-corrected chi connectivity index (χ2v) is 10.1. The molecule has 5 rings (SSSR count). The van der Waals surface area contributed by atoms with Gasteiger partial charge in [-0.15, -0.1) is 10.2 Å². The number of hydrogen-bond donors (Lipinski definition) is 1. The molecule has 0 amide bonds. The number of halogens is 3. The van der Waals surface area contributed by atoms with Crippen molar-refractivity contribution in [1.29, 1.82) is 0 Å². The Morgan fingerprint density at radius 3 is 2.59 bits per heavy atom. The van der Waals surface area contributed by atoms with E-state index in [1.165, 1.54) is 11.7 Å². The summed E-state index contributed by atoms with van der Waals surface area (Å²) in [5.74, 6) is -2.23. The number of aryl methyl sites for hydroxylation is 1. The summed E-state index contributed by atoms with van der Waals surface area (Å²) in [4.78, 5) is 48.0. The smallest absolute Gasteiger partial charge is 0.327 e. The van der Waals surface area contributed by atoms with Gasteiger partial charge in [-0.3, -0.25) is 18.8 Å². The van der Waals surface area contributed by atoms with Gasteiger partial charge in [0.25, 0.3) is 5.56 Å². The third kappa shape index (κ3) is 4.58. The van der Waals surface area contributed by atoms with Crippen LogP contribution in [0.3, 0.4) is 0 Å². The van der Waals surface area contributed by atoms with Crippen molar-refractivity contribution >= 4 is 17.5 Å². The number of likely N-dealkylation sites (tertiary alicyclic amines) is 1. The fraction of sp³-hybridized carbons (Fsp3) is 0.636. The van der Waals surface area contributed by atoms with Crippen molar-refractivity contribution in [1.82, 2.24) is 39.6 Å². The van der Waals surface area contributed by atoms with Gasteiger partial charge >= 0.3 is 17.8 Å². The molecule has 5 heterocycles. The Kier molecular flexibility index (Phi) is 6.74. The Morgan fingerprint density at radius 2 is 1.95 bits per heavy atom. The lowest BCUT2D eigenvalue weighted by molar-refractivity contribution is -0.203. The van der Waals surface area contributed by atoms with E-state index in [9.17, 15) is 27.6 Å². The summed E-state index contributed by atoms with van der Waals surface area (Å²) in [5, 5.41) is 15.2. The number of rotatable bonds is 6. The maximum absolute atomic E-state index is 13.9. The Labute approximate surface area is 220 Å². The first-order valence-corrected chi connectivity index (χ1v) is 12.4. The lowest BCUT2D eigenvalue weighted by Crippen LogP contribution is -2.59. The van der Waals surface area contributed by atoms with Gasteiger partial charge in [0.05, 0.1) is 6.54 Å². The highest BCUT2D eigenvalue weighted by atomic mass is 19.4. The standard InChI is InChI=1S/C22H29F3N10O4/c1-12(2)5-7-33-16-17(30(3)21(38)34(18(16)36)11-15-27-28-29-31(15)4)35(39-19(37)22(23,24)25)20(33)32-8-6-13-9-26-10-14(13)32/h5,13-14,20,26H,6-11H2,1-4H3. The summed E-state index contributed by atoms with van der Waals surface area (Å²) in [6.07, 6.45) is -3.81. The van der Waals surface area contributed by atoms with Gasteiger partial charge in [0.2, 0.25) is 0 Å². The largest absolute Gasteiger partial charge is 0.493 e. The Bertz CT molecular complexity index is 1430. The topological polar surface area (TPSA) is 136 Å². The van der Waals surface area contributed by atoms with E-state index >= 15 is 0 Å². The van der Waals surface area contributed by atoms with E-state index in [1.54, 1.807) is 11.9 Å². The minimum atomic E-state index is -5.30. The first kappa shape index (κ1) is 26.9. The predicted octanol–water partition coefficient (Wildman–Crippen LogP) is -0.691. The van der Waals surface area contributed by atoms with Crippen molar-refractivity contribution in [2.75, 3.05) is 36.1 Å². The van der Waals surface area contributed by atoms with E-state index in [-0.39, 0.29) is 42.4 Å². The molecule has 0 bridgehead atoms. The van der Waals surface area contributed by atoms with E-state index in [4.69, 9.17) is 4.84 Å². The first-order valence-electron chi connectivity index (χ1n) is 12.4. The van der Waals surface area contributed by atoms with Crippen LogP contribution in [0.25, 0.3) is 0 Å². The van der Waals surface area contributed by atoms with Crippen molar-refractivity contribution < 1.29 is 22.8 Å². The number of hydroxylamine groups is 1. The Hall–Kier alpha value is -3.73. The molecule has 0 spiro atoms. The molecule has 0 saturated carbocycles.